The van der Waals surface area contributed by atoms with Gasteiger partial charge in [0.15, 0.2) is 0 Å². The zero-order valence-corrected chi connectivity index (χ0v) is 18.8. The number of rotatable bonds is 9. The number of ether oxygens (including phenoxy) is 3. The summed E-state index contributed by atoms with van der Waals surface area (Å²) in [7, 11) is 5.14. The number of nitrogens with one attached hydrogen (secondary N) is 2. The number of carbonyl (C=O) groups is 2. The van der Waals surface area contributed by atoms with Crippen molar-refractivity contribution in [3.8, 4) is 11.5 Å². The van der Waals surface area contributed by atoms with Crippen molar-refractivity contribution in [3.63, 3.8) is 0 Å². The lowest BCUT2D eigenvalue weighted by Crippen LogP contribution is -2.48. The molecule has 2 N–H and O–H groups in total. The maximum absolute atomic E-state index is 12.9. The van der Waals surface area contributed by atoms with Gasteiger partial charge in [0.05, 0.1) is 32.4 Å². The summed E-state index contributed by atoms with van der Waals surface area (Å²) in [6.07, 6.45) is 0. The molecule has 170 valence electrons. The van der Waals surface area contributed by atoms with E-state index in [1.165, 1.54) is 0 Å². The van der Waals surface area contributed by atoms with Crippen LogP contribution < -0.4 is 20.1 Å². The van der Waals surface area contributed by atoms with Crippen molar-refractivity contribution < 1.29 is 23.8 Å². The standard InChI is InChI=1S/C24H29N3O5/c1-5-32-23(28)21-20(15-27(2)14-16-7-6-8-19(13-16)31-4)25-24(29)26-22(21)17-9-11-18(30-3)12-10-17/h6-13,22H,5,14-15H2,1-4H3,(H2,25,26,29). The van der Waals surface area contributed by atoms with Gasteiger partial charge in [-0.15, -0.1) is 0 Å². The minimum absolute atomic E-state index is 0.235. The number of nitrogens with zero attached hydrogens (tertiary/aromatic N) is 1. The first-order chi connectivity index (χ1) is 15.4. The summed E-state index contributed by atoms with van der Waals surface area (Å²) in [5.74, 6) is 0.997. The van der Waals surface area contributed by atoms with Gasteiger partial charge in [0, 0.05) is 18.8 Å². The van der Waals surface area contributed by atoms with Crippen LogP contribution in [0.2, 0.25) is 0 Å². The van der Waals surface area contributed by atoms with Gasteiger partial charge in [-0.3, -0.25) is 4.90 Å². The molecule has 1 unspecified atom stereocenters. The number of hydrogen-bond donors (Lipinski definition) is 2. The summed E-state index contributed by atoms with van der Waals surface area (Å²) >= 11 is 0. The van der Waals surface area contributed by atoms with Crippen LogP contribution in [-0.2, 0) is 16.1 Å². The Morgan fingerprint density at radius 2 is 1.75 bits per heavy atom. The molecule has 1 atom stereocenters. The molecule has 2 aromatic carbocycles. The molecule has 0 bridgehead atoms. The van der Waals surface area contributed by atoms with Gasteiger partial charge in [0.25, 0.3) is 0 Å². The molecular formula is C24H29N3O5. The van der Waals surface area contributed by atoms with Gasteiger partial charge in [0.2, 0.25) is 0 Å². The van der Waals surface area contributed by atoms with Crippen LogP contribution in [0, 0.1) is 0 Å². The molecule has 0 aliphatic carbocycles. The molecule has 8 heteroatoms. The van der Waals surface area contributed by atoms with Gasteiger partial charge in [-0.2, -0.15) is 0 Å². The average molecular weight is 440 g/mol. The molecule has 0 saturated carbocycles. The van der Waals surface area contributed by atoms with E-state index in [1.54, 1.807) is 33.3 Å². The third-order valence-corrected chi connectivity index (χ3v) is 5.11. The molecule has 0 saturated heterocycles. The molecule has 1 aliphatic rings. The van der Waals surface area contributed by atoms with Gasteiger partial charge >= 0.3 is 12.0 Å². The van der Waals surface area contributed by atoms with Crippen molar-refractivity contribution in [2.24, 2.45) is 0 Å². The fourth-order valence-corrected chi connectivity index (χ4v) is 3.65. The SMILES string of the molecule is CCOC(=O)C1=C(CN(C)Cc2cccc(OC)c2)NC(=O)NC1c1ccc(OC)cc1. The molecule has 2 aromatic rings. The number of esters is 1. The highest BCUT2D eigenvalue weighted by atomic mass is 16.5. The second-order valence-electron chi connectivity index (χ2n) is 7.44. The average Bonchev–Trinajstić information content (AvgIpc) is 2.79. The quantitative estimate of drug-likeness (QED) is 0.584. The molecule has 3 rings (SSSR count). The topological polar surface area (TPSA) is 89.1 Å². The lowest BCUT2D eigenvalue weighted by Gasteiger charge is -2.31. The van der Waals surface area contributed by atoms with Gasteiger partial charge in [-0.1, -0.05) is 24.3 Å². The maximum atomic E-state index is 12.9. The van der Waals surface area contributed by atoms with Crippen LogP contribution in [0.4, 0.5) is 4.79 Å². The molecule has 1 aliphatic heterocycles. The molecule has 0 aromatic heterocycles. The van der Waals surface area contributed by atoms with E-state index in [4.69, 9.17) is 14.2 Å². The van der Waals surface area contributed by atoms with Crippen LogP contribution >= 0.6 is 0 Å². The van der Waals surface area contributed by atoms with Crippen LogP contribution in [0.1, 0.15) is 24.1 Å². The summed E-state index contributed by atoms with van der Waals surface area (Å²) in [4.78, 5) is 27.4. The summed E-state index contributed by atoms with van der Waals surface area (Å²) in [6, 6.07) is 14.0. The second-order valence-corrected chi connectivity index (χ2v) is 7.44. The smallest absolute Gasteiger partial charge is 0.338 e. The van der Waals surface area contributed by atoms with E-state index < -0.39 is 12.0 Å². The molecule has 0 fully saturated rings. The van der Waals surface area contributed by atoms with E-state index in [0.717, 1.165) is 16.9 Å². The first-order valence-electron chi connectivity index (χ1n) is 10.4. The Kier molecular flexibility index (Phi) is 7.72. The number of carbonyl (C=O) groups excluding carboxylic acids is 2. The molecule has 0 spiro atoms. The fraction of sp³-hybridized carbons (Fsp3) is 0.333. The largest absolute Gasteiger partial charge is 0.497 e. The third kappa shape index (κ3) is 5.59. The zero-order chi connectivity index (χ0) is 23.1. The van der Waals surface area contributed by atoms with E-state index in [0.29, 0.717) is 30.1 Å². The Bertz CT molecular complexity index is 987. The van der Waals surface area contributed by atoms with E-state index in [1.807, 2.05) is 48.3 Å². The summed E-state index contributed by atoms with van der Waals surface area (Å²) in [5, 5.41) is 5.65. The van der Waals surface area contributed by atoms with E-state index >= 15 is 0 Å². The highest BCUT2D eigenvalue weighted by Gasteiger charge is 2.34. The van der Waals surface area contributed by atoms with Gasteiger partial charge < -0.3 is 24.8 Å². The van der Waals surface area contributed by atoms with Crippen molar-refractivity contribution in [3.05, 3.63) is 70.9 Å². The molecule has 32 heavy (non-hydrogen) atoms. The number of urea groups is 1. The lowest BCUT2D eigenvalue weighted by atomic mass is 9.95. The number of methoxy groups -OCH3 is 2. The van der Waals surface area contributed by atoms with Gasteiger partial charge in [0.1, 0.15) is 11.5 Å². The first kappa shape index (κ1) is 23.1. The van der Waals surface area contributed by atoms with Crippen LogP contribution in [-0.4, -0.2) is 51.3 Å². The molecular weight excluding hydrogens is 410 g/mol. The number of benzene rings is 2. The Morgan fingerprint density at radius 3 is 2.41 bits per heavy atom. The lowest BCUT2D eigenvalue weighted by molar-refractivity contribution is -0.139. The van der Waals surface area contributed by atoms with Gasteiger partial charge in [-0.25, -0.2) is 9.59 Å². The highest BCUT2D eigenvalue weighted by molar-refractivity contribution is 5.95. The summed E-state index contributed by atoms with van der Waals surface area (Å²) in [6.45, 7) is 2.95. The summed E-state index contributed by atoms with van der Waals surface area (Å²) < 4.78 is 15.8. The molecule has 0 radical (unpaired) electrons. The monoisotopic (exact) mass is 439 g/mol. The fourth-order valence-electron chi connectivity index (χ4n) is 3.65. The van der Waals surface area contributed by atoms with Crippen molar-refractivity contribution in [1.29, 1.82) is 0 Å². The highest BCUT2D eigenvalue weighted by Crippen LogP contribution is 2.29. The Morgan fingerprint density at radius 1 is 1.03 bits per heavy atom. The van der Waals surface area contributed by atoms with E-state index in [2.05, 4.69) is 10.6 Å². The van der Waals surface area contributed by atoms with Crippen LogP contribution in [0.5, 0.6) is 11.5 Å². The van der Waals surface area contributed by atoms with Crippen molar-refractivity contribution in [1.82, 2.24) is 15.5 Å². The Labute approximate surface area is 188 Å². The Balaban J connectivity index is 1.91. The van der Waals surface area contributed by atoms with Crippen molar-refractivity contribution >= 4 is 12.0 Å². The van der Waals surface area contributed by atoms with Crippen LogP contribution in [0.3, 0.4) is 0 Å². The Hall–Kier alpha value is -3.52. The minimum Gasteiger partial charge on any atom is -0.497 e. The van der Waals surface area contributed by atoms with Crippen LogP contribution in [0.25, 0.3) is 0 Å². The number of likely N-dealkylation sites (N-methyl/N-ethyl adjacent to an activating group) is 1. The zero-order valence-electron chi connectivity index (χ0n) is 18.8. The van der Waals surface area contributed by atoms with Crippen LogP contribution in [0.15, 0.2) is 59.8 Å². The number of hydrogen-bond acceptors (Lipinski definition) is 6. The normalized spacial score (nSPS) is 15.8. The molecule has 8 nitrogen and oxygen atoms in total. The van der Waals surface area contributed by atoms with Crippen molar-refractivity contribution in [2.45, 2.75) is 19.5 Å². The predicted octanol–water partition coefficient (Wildman–Crippen LogP) is 3.01. The predicted molar refractivity (Wildman–Crippen MR) is 120 cm³/mol. The van der Waals surface area contributed by atoms with Crippen molar-refractivity contribution in [2.75, 3.05) is 34.4 Å². The molecule has 1 heterocycles. The number of amides is 2. The van der Waals surface area contributed by atoms with E-state index in [-0.39, 0.29) is 12.6 Å². The van der Waals surface area contributed by atoms with E-state index in [9.17, 15) is 9.59 Å². The summed E-state index contributed by atoms with van der Waals surface area (Å²) in [5.41, 5.74) is 2.71. The maximum Gasteiger partial charge on any atom is 0.338 e. The third-order valence-electron chi connectivity index (χ3n) is 5.11. The minimum atomic E-state index is -0.631. The second kappa shape index (κ2) is 10.7. The molecule has 2 amide bonds. The van der Waals surface area contributed by atoms with Gasteiger partial charge in [-0.05, 0) is 49.4 Å². The first-order valence-corrected chi connectivity index (χ1v) is 10.4.